The van der Waals surface area contributed by atoms with E-state index in [0.29, 0.717) is 30.8 Å². The van der Waals surface area contributed by atoms with Gasteiger partial charge in [-0.15, -0.1) is 0 Å². The first kappa shape index (κ1) is 16.3. The Bertz CT molecular complexity index is 572. The van der Waals surface area contributed by atoms with Gasteiger partial charge in [-0.05, 0) is 38.1 Å². The second-order valence-corrected chi connectivity index (χ2v) is 6.19. The number of amides is 1. The van der Waals surface area contributed by atoms with E-state index in [1.54, 1.807) is 0 Å². The molecule has 0 spiro atoms. The average Bonchev–Trinajstić information content (AvgIpc) is 2.39. The largest absolute Gasteiger partial charge is 0.397 e. The maximum Gasteiger partial charge on any atom is 0.240 e. The number of primary amides is 1. The molecule has 0 aliphatic heterocycles. The van der Waals surface area contributed by atoms with Gasteiger partial charge in [0.25, 0.3) is 0 Å². The van der Waals surface area contributed by atoms with Gasteiger partial charge in [0.2, 0.25) is 15.9 Å². The fraction of sp³-hybridized carbons (Fsp3) is 0.417. The van der Waals surface area contributed by atoms with Crippen molar-refractivity contribution in [1.82, 2.24) is 4.72 Å². The van der Waals surface area contributed by atoms with Crippen LogP contribution >= 0.6 is 0 Å². The van der Waals surface area contributed by atoms with Gasteiger partial charge < -0.3 is 16.8 Å². The molecule has 8 heteroatoms. The monoisotopic (exact) mass is 300 g/mol. The minimum atomic E-state index is -3.49. The number of nitrogens with two attached hydrogens (primary N) is 2. The van der Waals surface area contributed by atoms with E-state index in [2.05, 4.69) is 10.0 Å². The summed E-state index contributed by atoms with van der Waals surface area (Å²) in [6.07, 6.45) is 1.76. The SMILES string of the molecule is CNS(=O)(=O)c1ccc(N)c(NCCCCC(N)=O)c1. The van der Waals surface area contributed by atoms with Gasteiger partial charge in [-0.25, -0.2) is 13.1 Å². The van der Waals surface area contributed by atoms with E-state index in [1.165, 1.54) is 25.2 Å². The number of rotatable bonds is 8. The maximum atomic E-state index is 11.7. The summed E-state index contributed by atoms with van der Waals surface area (Å²) < 4.78 is 25.6. The molecule has 1 aromatic rings. The highest BCUT2D eigenvalue weighted by atomic mass is 32.2. The van der Waals surface area contributed by atoms with Crippen molar-refractivity contribution in [1.29, 1.82) is 0 Å². The average molecular weight is 300 g/mol. The van der Waals surface area contributed by atoms with Gasteiger partial charge in [0.1, 0.15) is 0 Å². The van der Waals surface area contributed by atoms with Gasteiger partial charge in [0.05, 0.1) is 16.3 Å². The number of nitrogen functional groups attached to an aromatic ring is 1. The molecule has 0 bridgehead atoms. The normalized spacial score (nSPS) is 11.2. The van der Waals surface area contributed by atoms with Crippen molar-refractivity contribution < 1.29 is 13.2 Å². The molecule has 0 unspecified atom stereocenters. The molecule has 112 valence electrons. The lowest BCUT2D eigenvalue weighted by Gasteiger charge is -2.11. The molecule has 7 nitrogen and oxygen atoms in total. The Morgan fingerprint density at radius 1 is 1.30 bits per heavy atom. The van der Waals surface area contributed by atoms with Crippen LogP contribution in [0.2, 0.25) is 0 Å². The highest BCUT2D eigenvalue weighted by molar-refractivity contribution is 7.89. The number of carbonyl (C=O) groups is 1. The lowest BCUT2D eigenvalue weighted by atomic mass is 10.2. The van der Waals surface area contributed by atoms with Crippen LogP contribution in [0.15, 0.2) is 23.1 Å². The zero-order chi connectivity index (χ0) is 15.2. The van der Waals surface area contributed by atoms with Gasteiger partial charge in [-0.2, -0.15) is 0 Å². The van der Waals surface area contributed by atoms with E-state index in [1.807, 2.05) is 0 Å². The predicted octanol–water partition coefficient (Wildman–Crippen LogP) is 0.244. The molecule has 0 saturated carbocycles. The van der Waals surface area contributed by atoms with Crippen LogP contribution in [0, 0.1) is 0 Å². The first-order chi connectivity index (χ1) is 9.36. The Hall–Kier alpha value is -1.80. The molecule has 0 aliphatic rings. The van der Waals surface area contributed by atoms with Gasteiger partial charge in [0.15, 0.2) is 0 Å². The maximum absolute atomic E-state index is 11.7. The molecular formula is C12H20N4O3S. The van der Waals surface area contributed by atoms with Crippen LogP contribution in [0.1, 0.15) is 19.3 Å². The van der Waals surface area contributed by atoms with Crippen LogP contribution in [0.25, 0.3) is 0 Å². The second-order valence-electron chi connectivity index (χ2n) is 4.31. The van der Waals surface area contributed by atoms with Crippen LogP contribution in [0.3, 0.4) is 0 Å². The second kappa shape index (κ2) is 7.11. The van der Waals surface area contributed by atoms with Gasteiger partial charge >= 0.3 is 0 Å². The van der Waals surface area contributed by atoms with Crippen LogP contribution in [0.5, 0.6) is 0 Å². The molecule has 6 N–H and O–H groups in total. The van der Waals surface area contributed by atoms with Crippen molar-refractivity contribution in [3.05, 3.63) is 18.2 Å². The molecule has 0 aliphatic carbocycles. The molecule has 0 aromatic heterocycles. The molecule has 1 rings (SSSR count). The molecule has 0 saturated heterocycles. The van der Waals surface area contributed by atoms with E-state index < -0.39 is 10.0 Å². The smallest absolute Gasteiger partial charge is 0.240 e. The Morgan fingerprint density at radius 2 is 2.00 bits per heavy atom. The third-order valence-corrected chi connectivity index (χ3v) is 4.18. The first-order valence-corrected chi connectivity index (χ1v) is 7.70. The van der Waals surface area contributed by atoms with Crippen molar-refractivity contribution in [2.24, 2.45) is 5.73 Å². The third kappa shape index (κ3) is 4.71. The van der Waals surface area contributed by atoms with E-state index in [4.69, 9.17) is 11.5 Å². The highest BCUT2D eigenvalue weighted by Crippen LogP contribution is 2.22. The summed E-state index contributed by atoms with van der Waals surface area (Å²) in [4.78, 5) is 10.7. The Balaban J connectivity index is 2.66. The van der Waals surface area contributed by atoms with Crippen molar-refractivity contribution in [2.75, 3.05) is 24.6 Å². The molecule has 0 atom stereocenters. The fourth-order valence-electron chi connectivity index (χ4n) is 1.62. The predicted molar refractivity (Wildman–Crippen MR) is 78.6 cm³/mol. The van der Waals surface area contributed by atoms with Gasteiger partial charge in [-0.1, -0.05) is 0 Å². The summed E-state index contributed by atoms with van der Waals surface area (Å²) in [7, 11) is -2.14. The van der Waals surface area contributed by atoms with Gasteiger partial charge in [-0.3, -0.25) is 4.79 Å². The third-order valence-electron chi connectivity index (χ3n) is 2.77. The Kier molecular flexibility index (Phi) is 5.78. The summed E-state index contributed by atoms with van der Waals surface area (Å²) in [6, 6.07) is 4.46. The van der Waals surface area contributed by atoms with E-state index in [9.17, 15) is 13.2 Å². The van der Waals surface area contributed by atoms with Crippen molar-refractivity contribution >= 4 is 27.3 Å². The molecule has 0 radical (unpaired) electrons. The lowest BCUT2D eigenvalue weighted by Crippen LogP contribution is -2.19. The Morgan fingerprint density at radius 3 is 2.60 bits per heavy atom. The van der Waals surface area contributed by atoms with Crippen LogP contribution in [0.4, 0.5) is 11.4 Å². The Labute approximate surface area is 118 Å². The summed E-state index contributed by atoms with van der Waals surface area (Å²) in [5, 5.41) is 3.05. The zero-order valence-electron chi connectivity index (χ0n) is 11.3. The summed E-state index contributed by atoms with van der Waals surface area (Å²) in [5.74, 6) is -0.327. The molecule has 0 heterocycles. The first-order valence-electron chi connectivity index (χ1n) is 6.22. The molecule has 1 amide bonds. The number of sulfonamides is 1. The fourth-order valence-corrected chi connectivity index (χ4v) is 2.38. The number of nitrogens with one attached hydrogen (secondary N) is 2. The van der Waals surface area contributed by atoms with E-state index in [0.717, 1.165) is 6.42 Å². The van der Waals surface area contributed by atoms with E-state index in [-0.39, 0.29) is 10.8 Å². The molecule has 1 aromatic carbocycles. The topological polar surface area (TPSA) is 127 Å². The minimum absolute atomic E-state index is 0.147. The van der Waals surface area contributed by atoms with Crippen LogP contribution in [-0.4, -0.2) is 27.9 Å². The number of anilines is 2. The number of unbranched alkanes of at least 4 members (excludes halogenated alkanes) is 1. The minimum Gasteiger partial charge on any atom is -0.397 e. The number of hydrogen-bond donors (Lipinski definition) is 4. The van der Waals surface area contributed by atoms with Crippen LogP contribution < -0.4 is 21.5 Å². The number of hydrogen-bond acceptors (Lipinski definition) is 5. The lowest BCUT2D eigenvalue weighted by molar-refractivity contribution is -0.118. The van der Waals surface area contributed by atoms with E-state index >= 15 is 0 Å². The molecular weight excluding hydrogens is 280 g/mol. The number of carbonyl (C=O) groups excluding carboxylic acids is 1. The van der Waals surface area contributed by atoms with Crippen LogP contribution in [-0.2, 0) is 14.8 Å². The standard InChI is InChI=1S/C12H20N4O3S/c1-15-20(18,19)9-5-6-10(13)11(8-9)16-7-3-2-4-12(14)17/h5-6,8,15-16H,2-4,7,13H2,1H3,(H2,14,17). The highest BCUT2D eigenvalue weighted by Gasteiger charge is 2.12. The molecule has 20 heavy (non-hydrogen) atoms. The summed E-state index contributed by atoms with van der Waals surface area (Å²) in [6.45, 7) is 0.584. The zero-order valence-corrected chi connectivity index (χ0v) is 12.2. The van der Waals surface area contributed by atoms with Crippen molar-refractivity contribution in [2.45, 2.75) is 24.2 Å². The van der Waals surface area contributed by atoms with Gasteiger partial charge in [0, 0.05) is 13.0 Å². The number of benzene rings is 1. The summed E-state index contributed by atoms with van der Waals surface area (Å²) in [5.41, 5.74) is 11.8. The summed E-state index contributed by atoms with van der Waals surface area (Å²) >= 11 is 0. The molecule has 0 fully saturated rings. The van der Waals surface area contributed by atoms with Crippen molar-refractivity contribution in [3.8, 4) is 0 Å². The quantitative estimate of drug-likeness (QED) is 0.404. The van der Waals surface area contributed by atoms with Crippen molar-refractivity contribution in [3.63, 3.8) is 0 Å².